The Bertz CT molecular complexity index is 307. The van der Waals surface area contributed by atoms with Crippen LogP contribution in [0.5, 0.6) is 0 Å². The zero-order valence-electron chi connectivity index (χ0n) is 9.61. The molecule has 2 heterocycles. The first kappa shape index (κ1) is 10.6. The van der Waals surface area contributed by atoms with Gasteiger partial charge in [-0.05, 0) is 33.0 Å². The molecule has 1 saturated heterocycles. The van der Waals surface area contributed by atoms with Gasteiger partial charge in [0, 0.05) is 25.8 Å². The Morgan fingerprint density at radius 3 is 3.13 bits per heavy atom. The van der Waals surface area contributed by atoms with Gasteiger partial charge in [-0.2, -0.15) is 0 Å². The second-order valence-corrected chi connectivity index (χ2v) is 4.51. The van der Waals surface area contributed by atoms with E-state index in [9.17, 15) is 0 Å². The molecule has 1 unspecified atom stereocenters. The van der Waals surface area contributed by atoms with Gasteiger partial charge in [0.2, 0.25) is 0 Å². The van der Waals surface area contributed by atoms with Crippen LogP contribution in [0.2, 0.25) is 0 Å². The lowest BCUT2D eigenvalue weighted by atomic mass is 10.1. The zero-order valence-corrected chi connectivity index (χ0v) is 9.61. The van der Waals surface area contributed by atoms with E-state index in [0.29, 0.717) is 0 Å². The van der Waals surface area contributed by atoms with Crippen LogP contribution in [-0.2, 0) is 13.1 Å². The first-order valence-corrected chi connectivity index (χ1v) is 5.61. The molecule has 2 rings (SSSR count). The lowest BCUT2D eigenvalue weighted by Crippen LogP contribution is -2.16. The third kappa shape index (κ3) is 2.79. The molecular weight excluding hydrogens is 188 g/mol. The van der Waals surface area contributed by atoms with Gasteiger partial charge in [0.05, 0.1) is 12.0 Å². The molecule has 0 spiro atoms. The highest BCUT2D eigenvalue weighted by atomic mass is 15.1. The van der Waals surface area contributed by atoms with Gasteiger partial charge in [0.1, 0.15) is 0 Å². The summed E-state index contributed by atoms with van der Waals surface area (Å²) < 4.78 is 2.22. The number of nitrogens with one attached hydrogen (secondary N) is 1. The predicted molar refractivity (Wildman–Crippen MR) is 60.6 cm³/mol. The van der Waals surface area contributed by atoms with Gasteiger partial charge in [-0.3, -0.25) is 0 Å². The van der Waals surface area contributed by atoms with Gasteiger partial charge >= 0.3 is 0 Å². The number of hydrogen-bond acceptors (Lipinski definition) is 3. The van der Waals surface area contributed by atoms with Crippen LogP contribution in [-0.4, -0.2) is 41.6 Å². The Balaban J connectivity index is 1.87. The SMILES string of the molecule is CNCc1cn(CC2CCN(C)C2)cn1. The predicted octanol–water partition coefficient (Wildman–Crippen LogP) is 0.554. The first-order chi connectivity index (χ1) is 7.28. The van der Waals surface area contributed by atoms with Crippen LogP contribution >= 0.6 is 0 Å². The Hall–Kier alpha value is -0.870. The maximum atomic E-state index is 4.35. The van der Waals surface area contributed by atoms with Crippen LogP contribution in [0.3, 0.4) is 0 Å². The van der Waals surface area contributed by atoms with Crippen molar-refractivity contribution < 1.29 is 0 Å². The molecule has 0 bridgehead atoms. The van der Waals surface area contributed by atoms with E-state index < -0.39 is 0 Å². The monoisotopic (exact) mass is 208 g/mol. The van der Waals surface area contributed by atoms with Gasteiger partial charge in [-0.1, -0.05) is 0 Å². The smallest absolute Gasteiger partial charge is 0.0950 e. The summed E-state index contributed by atoms with van der Waals surface area (Å²) in [5.74, 6) is 0.798. The van der Waals surface area contributed by atoms with Crippen LogP contribution in [0.4, 0.5) is 0 Å². The average molecular weight is 208 g/mol. The summed E-state index contributed by atoms with van der Waals surface area (Å²) in [6.45, 7) is 4.43. The molecule has 4 heteroatoms. The summed E-state index contributed by atoms with van der Waals surface area (Å²) in [6, 6.07) is 0. The Kier molecular flexibility index (Phi) is 3.38. The minimum absolute atomic E-state index is 0.798. The maximum Gasteiger partial charge on any atom is 0.0950 e. The van der Waals surface area contributed by atoms with Crippen LogP contribution in [0.1, 0.15) is 12.1 Å². The summed E-state index contributed by atoms with van der Waals surface area (Å²) in [5, 5.41) is 3.11. The molecule has 1 aliphatic rings. The third-order valence-corrected chi connectivity index (χ3v) is 3.00. The minimum Gasteiger partial charge on any atom is -0.337 e. The van der Waals surface area contributed by atoms with Crippen molar-refractivity contribution in [2.24, 2.45) is 5.92 Å². The molecule has 0 amide bonds. The molecule has 0 saturated carbocycles. The van der Waals surface area contributed by atoms with Crippen LogP contribution in [0, 0.1) is 5.92 Å². The van der Waals surface area contributed by atoms with Gasteiger partial charge in [0.25, 0.3) is 0 Å². The number of rotatable bonds is 4. The fourth-order valence-electron chi connectivity index (χ4n) is 2.25. The van der Waals surface area contributed by atoms with Gasteiger partial charge in [-0.25, -0.2) is 4.98 Å². The van der Waals surface area contributed by atoms with Crippen LogP contribution in [0.15, 0.2) is 12.5 Å². The molecule has 1 fully saturated rings. The first-order valence-electron chi connectivity index (χ1n) is 5.61. The highest BCUT2D eigenvalue weighted by Crippen LogP contribution is 2.16. The number of hydrogen-bond donors (Lipinski definition) is 1. The second kappa shape index (κ2) is 4.77. The van der Waals surface area contributed by atoms with Crippen molar-refractivity contribution >= 4 is 0 Å². The van der Waals surface area contributed by atoms with Crippen molar-refractivity contribution in [2.75, 3.05) is 27.2 Å². The van der Waals surface area contributed by atoms with Crippen molar-refractivity contribution in [3.63, 3.8) is 0 Å². The topological polar surface area (TPSA) is 33.1 Å². The Labute approximate surface area is 91.3 Å². The normalized spacial score (nSPS) is 22.4. The molecule has 1 atom stereocenters. The van der Waals surface area contributed by atoms with Crippen molar-refractivity contribution in [1.29, 1.82) is 0 Å². The summed E-state index contributed by atoms with van der Waals surface area (Å²) in [7, 11) is 4.14. The lowest BCUT2D eigenvalue weighted by Gasteiger charge is -2.10. The molecular formula is C11H20N4. The van der Waals surface area contributed by atoms with E-state index in [1.165, 1.54) is 19.5 Å². The second-order valence-electron chi connectivity index (χ2n) is 4.51. The van der Waals surface area contributed by atoms with Crippen LogP contribution < -0.4 is 5.32 Å². The molecule has 1 aromatic heterocycles. The molecule has 1 aromatic rings. The van der Waals surface area contributed by atoms with E-state index in [1.54, 1.807) is 0 Å². The molecule has 1 N–H and O–H groups in total. The number of aromatic nitrogens is 2. The van der Waals surface area contributed by atoms with Crippen molar-refractivity contribution in [3.05, 3.63) is 18.2 Å². The highest BCUT2D eigenvalue weighted by Gasteiger charge is 2.19. The average Bonchev–Trinajstić information content (AvgIpc) is 2.78. The zero-order chi connectivity index (χ0) is 10.7. The lowest BCUT2D eigenvalue weighted by molar-refractivity contribution is 0.378. The third-order valence-electron chi connectivity index (χ3n) is 3.00. The summed E-state index contributed by atoms with van der Waals surface area (Å²) in [5.41, 5.74) is 1.13. The van der Waals surface area contributed by atoms with E-state index in [2.05, 4.69) is 33.0 Å². The quantitative estimate of drug-likeness (QED) is 0.784. The molecule has 1 aliphatic heterocycles. The minimum atomic E-state index is 0.798. The van der Waals surface area contributed by atoms with Crippen molar-refractivity contribution in [3.8, 4) is 0 Å². The number of nitrogens with zero attached hydrogens (tertiary/aromatic N) is 3. The summed E-state index contributed by atoms with van der Waals surface area (Å²) >= 11 is 0. The highest BCUT2D eigenvalue weighted by molar-refractivity contribution is 4.96. The van der Waals surface area contributed by atoms with E-state index in [4.69, 9.17) is 0 Å². The number of likely N-dealkylation sites (tertiary alicyclic amines) is 1. The molecule has 84 valence electrons. The van der Waals surface area contributed by atoms with Crippen molar-refractivity contribution in [2.45, 2.75) is 19.5 Å². The maximum absolute atomic E-state index is 4.35. The van der Waals surface area contributed by atoms with E-state index >= 15 is 0 Å². The summed E-state index contributed by atoms with van der Waals surface area (Å²) in [4.78, 5) is 6.75. The van der Waals surface area contributed by atoms with E-state index in [-0.39, 0.29) is 0 Å². The molecule has 15 heavy (non-hydrogen) atoms. The molecule has 0 aromatic carbocycles. The fraction of sp³-hybridized carbons (Fsp3) is 0.727. The summed E-state index contributed by atoms with van der Waals surface area (Å²) in [6.07, 6.45) is 5.41. The van der Waals surface area contributed by atoms with E-state index in [0.717, 1.165) is 24.7 Å². The molecule has 0 aliphatic carbocycles. The standard InChI is InChI=1S/C11H20N4/c1-12-5-11-8-15(9-13-11)7-10-3-4-14(2)6-10/h8-10,12H,3-7H2,1-2H3. The van der Waals surface area contributed by atoms with Crippen LogP contribution in [0.25, 0.3) is 0 Å². The van der Waals surface area contributed by atoms with E-state index in [1.807, 2.05) is 13.4 Å². The van der Waals surface area contributed by atoms with Gasteiger partial charge < -0.3 is 14.8 Å². The van der Waals surface area contributed by atoms with Gasteiger partial charge in [-0.15, -0.1) is 0 Å². The molecule has 0 radical (unpaired) electrons. The largest absolute Gasteiger partial charge is 0.337 e. The Morgan fingerprint density at radius 2 is 2.47 bits per heavy atom. The molecule has 4 nitrogen and oxygen atoms in total. The van der Waals surface area contributed by atoms with Gasteiger partial charge in [0.15, 0.2) is 0 Å². The Morgan fingerprint density at radius 1 is 1.60 bits per heavy atom. The fourth-order valence-corrected chi connectivity index (χ4v) is 2.25. The van der Waals surface area contributed by atoms with Crippen molar-refractivity contribution in [1.82, 2.24) is 19.8 Å². The number of imidazole rings is 1.